The highest BCUT2D eigenvalue weighted by atomic mass is 19.1. The molecule has 8 nitrogen and oxygen atoms in total. The van der Waals surface area contributed by atoms with Crippen LogP contribution in [0.4, 0.5) is 4.39 Å². The number of benzene rings is 2. The highest BCUT2D eigenvalue weighted by Gasteiger charge is 2.45. The van der Waals surface area contributed by atoms with E-state index in [1.807, 2.05) is 0 Å². The Morgan fingerprint density at radius 3 is 2.32 bits per heavy atom. The van der Waals surface area contributed by atoms with Crippen molar-refractivity contribution < 1.29 is 43.8 Å². The van der Waals surface area contributed by atoms with Gasteiger partial charge in [0.05, 0.1) is 20.8 Å². The van der Waals surface area contributed by atoms with Crippen LogP contribution in [0.1, 0.15) is 11.1 Å². The van der Waals surface area contributed by atoms with Crippen molar-refractivity contribution in [2.45, 2.75) is 30.7 Å². The summed E-state index contributed by atoms with van der Waals surface area (Å²) in [4.78, 5) is 0. The first-order chi connectivity index (χ1) is 14.9. The number of hydrogen-bond acceptors (Lipinski definition) is 8. The van der Waals surface area contributed by atoms with Crippen LogP contribution >= 0.6 is 0 Å². The predicted octanol–water partition coefficient (Wildman–Crippen LogP) is 1.19. The quantitative estimate of drug-likeness (QED) is 0.478. The van der Waals surface area contributed by atoms with E-state index in [1.54, 1.807) is 36.4 Å². The first-order valence-corrected chi connectivity index (χ1v) is 9.55. The van der Waals surface area contributed by atoms with Gasteiger partial charge in [-0.2, -0.15) is 0 Å². The van der Waals surface area contributed by atoms with Gasteiger partial charge in [0.15, 0.2) is 11.5 Å². The predicted molar refractivity (Wildman–Crippen MR) is 109 cm³/mol. The molecule has 1 unspecified atom stereocenters. The molecule has 0 spiro atoms. The summed E-state index contributed by atoms with van der Waals surface area (Å²) >= 11 is 0. The molecule has 1 fully saturated rings. The molecule has 0 amide bonds. The van der Waals surface area contributed by atoms with Crippen LogP contribution in [-0.4, -0.2) is 72.0 Å². The van der Waals surface area contributed by atoms with Crippen LogP contribution < -0.4 is 14.2 Å². The number of ether oxygens (including phenoxy) is 4. The molecule has 0 aliphatic carbocycles. The molecule has 168 valence electrons. The Bertz CT molecular complexity index is 916. The Kier molecular flexibility index (Phi) is 7.47. The molecule has 2 aromatic carbocycles. The summed E-state index contributed by atoms with van der Waals surface area (Å²) in [6.45, 7) is -0.593. The van der Waals surface area contributed by atoms with Gasteiger partial charge in [0.2, 0.25) is 6.29 Å². The molecule has 0 aromatic heterocycles. The summed E-state index contributed by atoms with van der Waals surface area (Å²) in [5.41, 5.74) is 0.750. The SMILES string of the molecule is COc1cc(/C=C/c2ccccc2F)c(O[C@@H]2OC(CO)[C@@H](O)[C@H](O)[C@H]2O)c(OC)c1. The topological polar surface area (TPSA) is 118 Å². The second-order valence-electron chi connectivity index (χ2n) is 6.92. The van der Waals surface area contributed by atoms with E-state index in [9.17, 15) is 24.8 Å². The van der Waals surface area contributed by atoms with Gasteiger partial charge in [0, 0.05) is 17.2 Å². The molecule has 0 bridgehead atoms. The van der Waals surface area contributed by atoms with E-state index in [1.165, 1.54) is 26.4 Å². The van der Waals surface area contributed by atoms with E-state index >= 15 is 0 Å². The third-order valence-corrected chi connectivity index (χ3v) is 4.94. The molecule has 0 saturated carbocycles. The lowest BCUT2D eigenvalue weighted by molar-refractivity contribution is -0.277. The molecule has 4 N–H and O–H groups in total. The van der Waals surface area contributed by atoms with Gasteiger partial charge in [0.25, 0.3) is 0 Å². The summed E-state index contributed by atoms with van der Waals surface area (Å²) in [5, 5.41) is 39.7. The molecule has 1 saturated heterocycles. The average molecular weight is 436 g/mol. The molecular formula is C22H25FO8. The molecule has 31 heavy (non-hydrogen) atoms. The molecule has 1 aliphatic rings. The normalized spacial score (nSPS) is 26.1. The van der Waals surface area contributed by atoms with E-state index in [4.69, 9.17) is 18.9 Å². The zero-order valence-corrected chi connectivity index (χ0v) is 17.0. The van der Waals surface area contributed by atoms with E-state index < -0.39 is 43.1 Å². The maximum atomic E-state index is 14.0. The minimum atomic E-state index is -1.60. The van der Waals surface area contributed by atoms with Gasteiger partial charge in [-0.15, -0.1) is 0 Å². The Morgan fingerprint density at radius 2 is 1.68 bits per heavy atom. The largest absolute Gasteiger partial charge is 0.497 e. The van der Waals surface area contributed by atoms with Crippen LogP contribution in [0.5, 0.6) is 17.2 Å². The van der Waals surface area contributed by atoms with Crippen molar-refractivity contribution in [3.63, 3.8) is 0 Å². The second-order valence-corrected chi connectivity index (χ2v) is 6.92. The third kappa shape index (κ3) is 4.97. The first kappa shape index (κ1) is 23.0. The third-order valence-electron chi connectivity index (χ3n) is 4.94. The van der Waals surface area contributed by atoms with E-state index in [0.717, 1.165) is 0 Å². The Hall–Kier alpha value is -2.69. The Morgan fingerprint density at radius 1 is 0.968 bits per heavy atom. The molecule has 2 aromatic rings. The minimum Gasteiger partial charge on any atom is -0.497 e. The summed E-state index contributed by atoms with van der Waals surface area (Å²) in [5.74, 6) is 0.376. The number of rotatable bonds is 7. The van der Waals surface area contributed by atoms with Gasteiger partial charge in [0.1, 0.15) is 36.0 Å². The molecule has 3 rings (SSSR count). The van der Waals surface area contributed by atoms with Crippen LogP contribution in [0.15, 0.2) is 36.4 Å². The molecule has 0 radical (unpaired) electrons. The van der Waals surface area contributed by atoms with Gasteiger partial charge in [-0.3, -0.25) is 0 Å². The van der Waals surface area contributed by atoms with Crippen molar-refractivity contribution in [1.29, 1.82) is 0 Å². The molecular weight excluding hydrogens is 411 g/mol. The van der Waals surface area contributed by atoms with Crippen molar-refractivity contribution in [3.05, 3.63) is 53.3 Å². The minimum absolute atomic E-state index is 0.125. The summed E-state index contributed by atoms with van der Waals surface area (Å²) in [7, 11) is 2.87. The van der Waals surface area contributed by atoms with E-state index in [2.05, 4.69) is 0 Å². The van der Waals surface area contributed by atoms with Gasteiger partial charge >= 0.3 is 0 Å². The zero-order valence-electron chi connectivity index (χ0n) is 17.0. The fourth-order valence-electron chi connectivity index (χ4n) is 3.19. The van der Waals surface area contributed by atoms with Crippen LogP contribution in [0, 0.1) is 5.82 Å². The van der Waals surface area contributed by atoms with Gasteiger partial charge in [-0.05, 0) is 12.1 Å². The van der Waals surface area contributed by atoms with Crippen molar-refractivity contribution in [2.75, 3.05) is 20.8 Å². The molecule has 1 heterocycles. The second kappa shape index (κ2) is 10.1. The lowest BCUT2D eigenvalue weighted by Crippen LogP contribution is -2.60. The van der Waals surface area contributed by atoms with Gasteiger partial charge < -0.3 is 39.4 Å². The Balaban J connectivity index is 1.99. The lowest BCUT2D eigenvalue weighted by Gasteiger charge is -2.39. The van der Waals surface area contributed by atoms with Gasteiger partial charge in [-0.25, -0.2) is 4.39 Å². The van der Waals surface area contributed by atoms with Crippen molar-refractivity contribution >= 4 is 12.2 Å². The maximum absolute atomic E-state index is 14.0. The highest BCUT2D eigenvalue weighted by Crippen LogP contribution is 2.39. The fraction of sp³-hybridized carbons (Fsp3) is 0.364. The standard InChI is InChI=1S/C22H25FO8/c1-28-14-9-13(8-7-12-5-3-4-6-15(12)23)21(16(10-14)29-2)31-22-20(27)19(26)18(25)17(11-24)30-22/h3-10,17-20,22,24-27H,11H2,1-2H3/b8-7+/t17?,18-,19+,20-,22+/m1/s1. The monoisotopic (exact) mass is 436 g/mol. The van der Waals surface area contributed by atoms with E-state index in [-0.39, 0.29) is 11.5 Å². The van der Waals surface area contributed by atoms with Crippen LogP contribution in [-0.2, 0) is 4.74 Å². The van der Waals surface area contributed by atoms with Crippen LogP contribution in [0.25, 0.3) is 12.2 Å². The first-order valence-electron chi connectivity index (χ1n) is 9.55. The fourth-order valence-corrected chi connectivity index (χ4v) is 3.19. The lowest BCUT2D eigenvalue weighted by atomic mass is 9.99. The number of hydrogen-bond donors (Lipinski definition) is 4. The zero-order chi connectivity index (χ0) is 22.5. The van der Waals surface area contributed by atoms with Crippen LogP contribution in [0.3, 0.4) is 0 Å². The van der Waals surface area contributed by atoms with Crippen LogP contribution in [0.2, 0.25) is 0 Å². The summed E-state index contributed by atoms with van der Waals surface area (Å²) in [6, 6.07) is 9.35. The highest BCUT2D eigenvalue weighted by molar-refractivity contribution is 5.75. The smallest absolute Gasteiger partial charge is 0.229 e. The Labute approximate surface area is 178 Å². The van der Waals surface area contributed by atoms with Gasteiger partial charge in [-0.1, -0.05) is 30.4 Å². The molecule has 9 heteroatoms. The number of aliphatic hydroxyl groups is 4. The van der Waals surface area contributed by atoms with Crippen molar-refractivity contribution in [2.24, 2.45) is 0 Å². The van der Waals surface area contributed by atoms with Crippen molar-refractivity contribution in [3.8, 4) is 17.2 Å². The summed E-state index contributed by atoms with van der Waals surface area (Å²) < 4.78 is 35.9. The molecule has 1 aliphatic heterocycles. The van der Waals surface area contributed by atoms with E-state index in [0.29, 0.717) is 16.9 Å². The maximum Gasteiger partial charge on any atom is 0.229 e. The van der Waals surface area contributed by atoms with Crippen molar-refractivity contribution in [1.82, 2.24) is 0 Å². The average Bonchev–Trinajstić information content (AvgIpc) is 2.79. The number of aliphatic hydroxyl groups excluding tert-OH is 4. The number of halogens is 1. The number of methoxy groups -OCH3 is 2. The summed E-state index contributed by atoms with van der Waals surface area (Å²) in [6.07, 6.45) is -4.17. The molecule has 5 atom stereocenters.